The third-order valence-electron chi connectivity index (χ3n) is 2.26. The van der Waals surface area contributed by atoms with Crippen molar-refractivity contribution in [1.29, 1.82) is 0 Å². The van der Waals surface area contributed by atoms with E-state index in [1.165, 1.54) is 25.7 Å². The fourth-order valence-electron chi connectivity index (χ4n) is 1.68. The Morgan fingerprint density at radius 3 is 2.90 bits per heavy atom. The first-order chi connectivity index (χ1) is 4.77. The van der Waals surface area contributed by atoms with Gasteiger partial charge >= 0.3 is 0 Å². The molecule has 0 spiro atoms. The van der Waals surface area contributed by atoms with E-state index in [0.717, 1.165) is 6.54 Å². The molecule has 1 nitrogen and oxygen atoms in total. The van der Waals surface area contributed by atoms with Gasteiger partial charge in [-0.1, -0.05) is 20.3 Å². The highest BCUT2D eigenvalue weighted by Gasteiger charge is 2.22. The molecule has 1 heterocycles. The van der Waals surface area contributed by atoms with Crippen LogP contribution in [0.2, 0.25) is 0 Å². The van der Waals surface area contributed by atoms with Crippen LogP contribution in [0.1, 0.15) is 39.5 Å². The minimum absolute atomic E-state index is 0.438. The van der Waals surface area contributed by atoms with E-state index in [0.29, 0.717) is 5.41 Å². The predicted octanol–water partition coefficient (Wildman–Crippen LogP) is 2.66. The molecule has 0 saturated heterocycles. The highest BCUT2D eigenvalue weighted by Crippen LogP contribution is 2.29. The second-order valence-corrected chi connectivity index (χ2v) is 3.54. The van der Waals surface area contributed by atoms with E-state index >= 15 is 0 Å². The van der Waals surface area contributed by atoms with Gasteiger partial charge in [0.1, 0.15) is 0 Å². The van der Waals surface area contributed by atoms with Gasteiger partial charge in [0.15, 0.2) is 0 Å². The van der Waals surface area contributed by atoms with Gasteiger partial charge in [-0.05, 0) is 19.3 Å². The van der Waals surface area contributed by atoms with Crippen LogP contribution in [-0.4, -0.2) is 12.8 Å². The lowest BCUT2D eigenvalue weighted by atomic mass is 9.81. The van der Waals surface area contributed by atoms with E-state index in [1.54, 1.807) is 0 Å². The minimum Gasteiger partial charge on any atom is -0.297 e. The summed E-state index contributed by atoms with van der Waals surface area (Å²) in [6, 6.07) is 0. The van der Waals surface area contributed by atoms with Crippen molar-refractivity contribution in [2.75, 3.05) is 6.54 Å². The normalized spacial score (nSPS) is 32.6. The summed E-state index contributed by atoms with van der Waals surface area (Å²) >= 11 is 0. The summed E-state index contributed by atoms with van der Waals surface area (Å²) in [5.74, 6) is 0. The largest absolute Gasteiger partial charge is 0.297 e. The van der Waals surface area contributed by atoms with Gasteiger partial charge in [-0.15, -0.1) is 0 Å². The first kappa shape index (κ1) is 7.77. The standard InChI is InChI=1S/C9H17N/c1-3-5-9(2)6-4-7-10-8-9/h8H,3-7H2,1-2H3. The van der Waals surface area contributed by atoms with Crippen LogP contribution in [0.5, 0.6) is 0 Å². The summed E-state index contributed by atoms with van der Waals surface area (Å²) in [5, 5.41) is 0. The third kappa shape index (κ3) is 1.83. The second-order valence-electron chi connectivity index (χ2n) is 3.54. The van der Waals surface area contributed by atoms with Crippen LogP contribution in [0.3, 0.4) is 0 Å². The Hall–Kier alpha value is -0.330. The maximum atomic E-state index is 4.32. The highest BCUT2D eigenvalue weighted by molar-refractivity contribution is 5.65. The zero-order chi connectivity index (χ0) is 7.45. The van der Waals surface area contributed by atoms with Crippen molar-refractivity contribution in [2.45, 2.75) is 39.5 Å². The molecule has 0 aliphatic carbocycles. The van der Waals surface area contributed by atoms with Crippen LogP contribution in [0.25, 0.3) is 0 Å². The molecule has 0 amide bonds. The lowest BCUT2D eigenvalue weighted by molar-refractivity contribution is 0.375. The molecule has 0 N–H and O–H groups in total. The van der Waals surface area contributed by atoms with Crippen molar-refractivity contribution in [3.63, 3.8) is 0 Å². The monoisotopic (exact) mass is 139 g/mol. The van der Waals surface area contributed by atoms with Crippen molar-refractivity contribution in [1.82, 2.24) is 0 Å². The average Bonchev–Trinajstić information content (AvgIpc) is 1.89. The molecule has 1 unspecified atom stereocenters. The molecule has 1 aliphatic rings. The van der Waals surface area contributed by atoms with Crippen LogP contribution in [0.15, 0.2) is 4.99 Å². The van der Waals surface area contributed by atoms with E-state index < -0.39 is 0 Å². The fourth-order valence-corrected chi connectivity index (χ4v) is 1.68. The van der Waals surface area contributed by atoms with Gasteiger partial charge in [-0.2, -0.15) is 0 Å². The van der Waals surface area contributed by atoms with E-state index in [-0.39, 0.29) is 0 Å². The smallest absolute Gasteiger partial charge is 0.0385 e. The molecule has 1 rings (SSSR count). The SMILES string of the molecule is CCCC1(C)C=NCCC1. The molecule has 0 saturated carbocycles. The first-order valence-corrected chi connectivity index (χ1v) is 4.28. The summed E-state index contributed by atoms with van der Waals surface area (Å²) in [6.45, 7) is 5.62. The molecule has 0 aromatic carbocycles. The van der Waals surface area contributed by atoms with Gasteiger partial charge < -0.3 is 0 Å². The van der Waals surface area contributed by atoms with Crippen molar-refractivity contribution in [2.24, 2.45) is 10.4 Å². The Bertz CT molecular complexity index is 129. The zero-order valence-electron chi connectivity index (χ0n) is 7.06. The number of nitrogens with zero attached hydrogens (tertiary/aromatic N) is 1. The van der Waals surface area contributed by atoms with Crippen LogP contribution >= 0.6 is 0 Å². The maximum Gasteiger partial charge on any atom is 0.0385 e. The van der Waals surface area contributed by atoms with Crippen LogP contribution in [0, 0.1) is 5.41 Å². The van der Waals surface area contributed by atoms with E-state index in [9.17, 15) is 0 Å². The lowest BCUT2D eigenvalue weighted by Crippen LogP contribution is -2.21. The van der Waals surface area contributed by atoms with E-state index in [2.05, 4.69) is 25.1 Å². The predicted molar refractivity (Wildman–Crippen MR) is 45.6 cm³/mol. The number of rotatable bonds is 2. The molecule has 1 heteroatoms. The Kier molecular flexibility index (Phi) is 2.47. The van der Waals surface area contributed by atoms with Crippen LogP contribution in [-0.2, 0) is 0 Å². The fraction of sp³-hybridized carbons (Fsp3) is 0.889. The summed E-state index contributed by atoms with van der Waals surface area (Å²) in [4.78, 5) is 4.32. The maximum absolute atomic E-state index is 4.32. The second kappa shape index (κ2) is 3.18. The van der Waals surface area contributed by atoms with Gasteiger partial charge in [0.25, 0.3) is 0 Å². The van der Waals surface area contributed by atoms with Gasteiger partial charge in [0, 0.05) is 18.2 Å². The molecule has 0 fully saturated rings. The average molecular weight is 139 g/mol. The number of hydrogen-bond acceptors (Lipinski definition) is 1. The Labute approximate surface area is 63.5 Å². The quantitative estimate of drug-likeness (QED) is 0.557. The van der Waals surface area contributed by atoms with Crippen LogP contribution in [0.4, 0.5) is 0 Å². The Balaban J connectivity index is 2.48. The summed E-state index contributed by atoms with van der Waals surface area (Å²) < 4.78 is 0. The number of hydrogen-bond donors (Lipinski definition) is 0. The van der Waals surface area contributed by atoms with Crippen molar-refractivity contribution >= 4 is 6.21 Å². The summed E-state index contributed by atoms with van der Waals surface area (Å²) in [7, 11) is 0. The molecule has 0 aromatic heterocycles. The molecule has 58 valence electrons. The molecule has 0 radical (unpaired) electrons. The first-order valence-electron chi connectivity index (χ1n) is 4.28. The topological polar surface area (TPSA) is 12.4 Å². The van der Waals surface area contributed by atoms with Crippen molar-refractivity contribution < 1.29 is 0 Å². The van der Waals surface area contributed by atoms with Gasteiger partial charge in [-0.25, -0.2) is 0 Å². The molecular formula is C9H17N. The minimum atomic E-state index is 0.438. The van der Waals surface area contributed by atoms with E-state index in [1.807, 2.05) is 0 Å². The zero-order valence-corrected chi connectivity index (χ0v) is 7.06. The molecule has 10 heavy (non-hydrogen) atoms. The highest BCUT2D eigenvalue weighted by atomic mass is 14.7. The van der Waals surface area contributed by atoms with Gasteiger partial charge in [0.05, 0.1) is 0 Å². The summed E-state index contributed by atoms with van der Waals surface area (Å²) in [6.07, 6.45) is 7.37. The summed E-state index contributed by atoms with van der Waals surface area (Å²) in [5.41, 5.74) is 0.438. The van der Waals surface area contributed by atoms with Crippen molar-refractivity contribution in [3.8, 4) is 0 Å². The third-order valence-corrected chi connectivity index (χ3v) is 2.26. The Morgan fingerprint density at radius 2 is 2.40 bits per heavy atom. The van der Waals surface area contributed by atoms with Crippen LogP contribution < -0.4 is 0 Å². The molecule has 0 aromatic rings. The molecule has 1 aliphatic heterocycles. The molecule has 0 bridgehead atoms. The molecular weight excluding hydrogens is 122 g/mol. The lowest BCUT2D eigenvalue weighted by Gasteiger charge is -2.27. The number of aliphatic imine (C=N–C) groups is 1. The van der Waals surface area contributed by atoms with E-state index in [4.69, 9.17) is 0 Å². The van der Waals surface area contributed by atoms with Crippen molar-refractivity contribution in [3.05, 3.63) is 0 Å². The van der Waals surface area contributed by atoms with Gasteiger partial charge in [0.2, 0.25) is 0 Å². The Morgan fingerprint density at radius 1 is 1.60 bits per heavy atom. The van der Waals surface area contributed by atoms with Gasteiger partial charge in [-0.3, -0.25) is 4.99 Å². The molecule has 1 atom stereocenters.